The molecule has 3 heterocycles. The molecule has 0 spiro atoms. The highest BCUT2D eigenvalue weighted by molar-refractivity contribution is 5.69. The summed E-state index contributed by atoms with van der Waals surface area (Å²) < 4.78 is 4.02. The molecule has 0 fully saturated rings. The Bertz CT molecular complexity index is 894. The highest BCUT2D eigenvalue weighted by atomic mass is 16.3. The number of imidazole rings is 1. The van der Waals surface area contributed by atoms with Gasteiger partial charge in [-0.25, -0.2) is 4.98 Å². The number of aryl methyl sites for hydroxylation is 2. The van der Waals surface area contributed by atoms with E-state index in [1.54, 1.807) is 0 Å². The molecular formula is C18H18N4O. The highest BCUT2D eigenvalue weighted by Gasteiger charge is 2.41. The lowest BCUT2D eigenvalue weighted by atomic mass is 9.78. The van der Waals surface area contributed by atoms with Crippen molar-refractivity contribution < 1.29 is 5.11 Å². The van der Waals surface area contributed by atoms with Crippen LogP contribution in [-0.4, -0.2) is 24.4 Å². The van der Waals surface area contributed by atoms with Crippen LogP contribution in [-0.2, 0) is 13.5 Å². The molecule has 0 saturated heterocycles. The Kier molecular flexibility index (Phi) is 2.59. The second kappa shape index (κ2) is 4.55. The molecule has 2 aromatic heterocycles. The van der Waals surface area contributed by atoms with Gasteiger partial charge in [-0.15, -0.1) is 0 Å². The van der Waals surface area contributed by atoms with Gasteiger partial charge in [-0.2, -0.15) is 5.10 Å². The molecular weight excluding hydrogens is 288 g/mol. The van der Waals surface area contributed by atoms with E-state index in [1.165, 1.54) is 16.7 Å². The first-order chi connectivity index (χ1) is 11.2. The number of fused-ring (bicyclic) bond motifs is 4. The SMILES string of the molecule is Cn1cc2c(n1)C(O)C(C1c3ccccc3-c3cncn31)CC2. The lowest BCUT2D eigenvalue weighted by Crippen LogP contribution is -2.28. The van der Waals surface area contributed by atoms with Crippen molar-refractivity contribution in [3.63, 3.8) is 0 Å². The predicted octanol–water partition coefficient (Wildman–Crippen LogP) is 2.48. The summed E-state index contributed by atoms with van der Waals surface area (Å²) in [7, 11) is 1.92. The van der Waals surface area contributed by atoms with Crippen molar-refractivity contribution in [1.29, 1.82) is 0 Å². The summed E-state index contributed by atoms with van der Waals surface area (Å²) in [6.07, 6.45) is 7.22. The topological polar surface area (TPSA) is 55.9 Å². The highest BCUT2D eigenvalue weighted by Crippen LogP contribution is 2.49. The second-order valence-electron chi connectivity index (χ2n) is 6.58. The zero-order valence-corrected chi connectivity index (χ0v) is 12.9. The Hall–Kier alpha value is -2.40. The maximum atomic E-state index is 11.0. The molecule has 1 N–H and O–H groups in total. The van der Waals surface area contributed by atoms with Crippen molar-refractivity contribution in [3.8, 4) is 11.3 Å². The first-order valence-electron chi connectivity index (χ1n) is 8.05. The third-order valence-corrected chi connectivity index (χ3v) is 5.30. The summed E-state index contributed by atoms with van der Waals surface area (Å²) in [6.45, 7) is 0. The van der Waals surface area contributed by atoms with Crippen molar-refractivity contribution in [2.75, 3.05) is 0 Å². The van der Waals surface area contributed by atoms with Crippen LogP contribution in [0, 0.1) is 5.92 Å². The minimum absolute atomic E-state index is 0.119. The molecule has 23 heavy (non-hydrogen) atoms. The molecule has 5 heteroatoms. The Morgan fingerprint density at radius 1 is 1.26 bits per heavy atom. The molecule has 5 rings (SSSR count). The predicted molar refractivity (Wildman–Crippen MR) is 85.8 cm³/mol. The van der Waals surface area contributed by atoms with Gasteiger partial charge in [0.25, 0.3) is 0 Å². The van der Waals surface area contributed by atoms with E-state index < -0.39 is 6.10 Å². The largest absolute Gasteiger partial charge is 0.386 e. The van der Waals surface area contributed by atoms with Crippen LogP contribution < -0.4 is 0 Å². The fourth-order valence-electron chi connectivity index (χ4n) is 4.32. The van der Waals surface area contributed by atoms with Gasteiger partial charge in [0, 0.05) is 24.7 Å². The van der Waals surface area contributed by atoms with E-state index in [0.29, 0.717) is 0 Å². The monoisotopic (exact) mass is 306 g/mol. The smallest absolute Gasteiger partial charge is 0.103 e. The van der Waals surface area contributed by atoms with E-state index in [1.807, 2.05) is 30.5 Å². The first-order valence-corrected chi connectivity index (χ1v) is 8.05. The number of benzene rings is 1. The minimum atomic E-state index is -0.536. The quantitative estimate of drug-likeness (QED) is 0.751. The van der Waals surface area contributed by atoms with Crippen LogP contribution in [0.25, 0.3) is 11.3 Å². The van der Waals surface area contributed by atoms with Crippen LogP contribution in [0.3, 0.4) is 0 Å². The van der Waals surface area contributed by atoms with Crippen molar-refractivity contribution in [3.05, 3.63) is 59.8 Å². The number of hydrogen-bond acceptors (Lipinski definition) is 3. The van der Waals surface area contributed by atoms with Crippen LogP contribution in [0.2, 0.25) is 0 Å². The molecule has 1 aliphatic carbocycles. The third kappa shape index (κ3) is 1.71. The molecule has 3 aromatic rings. The second-order valence-corrected chi connectivity index (χ2v) is 6.58. The van der Waals surface area contributed by atoms with Gasteiger partial charge in [0.2, 0.25) is 0 Å². The minimum Gasteiger partial charge on any atom is -0.386 e. The van der Waals surface area contributed by atoms with Crippen LogP contribution in [0.1, 0.15) is 35.4 Å². The molecule has 2 aliphatic rings. The first kappa shape index (κ1) is 13.1. The molecule has 0 radical (unpaired) electrons. The van der Waals surface area contributed by atoms with Gasteiger partial charge in [-0.1, -0.05) is 24.3 Å². The Morgan fingerprint density at radius 2 is 2.13 bits per heavy atom. The van der Waals surface area contributed by atoms with Gasteiger partial charge in [0.05, 0.1) is 30.0 Å². The lowest BCUT2D eigenvalue weighted by molar-refractivity contribution is 0.0681. The van der Waals surface area contributed by atoms with Crippen molar-refractivity contribution in [1.82, 2.24) is 19.3 Å². The summed E-state index contributed by atoms with van der Waals surface area (Å²) in [4.78, 5) is 4.32. The molecule has 3 unspecified atom stereocenters. The zero-order valence-electron chi connectivity index (χ0n) is 12.9. The van der Waals surface area contributed by atoms with Gasteiger partial charge in [-0.3, -0.25) is 4.68 Å². The normalized spacial score (nSPS) is 25.0. The number of nitrogens with zero attached hydrogens (tertiary/aromatic N) is 4. The van der Waals surface area contributed by atoms with E-state index in [0.717, 1.165) is 24.2 Å². The molecule has 0 amide bonds. The summed E-state index contributed by atoms with van der Waals surface area (Å²) in [5.41, 5.74) is 5.68. The standard InChI is InChI=1S/C18H18N4O/c1-21-9-11-6-7-14(18(23)16(11)20-21)17-13-5-3-2-4-12(13)15-8-19-10-22(15)17/h2-5,8-10,14,17-18,23H,6-7H2,1H3. The van der Waals surface area contributed by atoms with Gasteiger partial charge < -0.3 is 9.67 Å². The van der Waals surface area contributed by atoms with Crippen molar-refractivity contribution in [2.45, 2.75) is 25.0 Å². The van der Waals surface area contributed by atoms with Crippen LogP contribution in [0.5, 0.6) is 0 Å². The lowest BCUT2D eigenvalue weighted by Gasteiger charge is -2.33. The number of aliphatic hydroxyl groups is 1. The number of hydrogen-bond donors (Lipinski definition) is 1. The van der Waals surface area contributed by atoms with Crippen molar-refractivity contribution in [2.24, 2.45) is 13.0 Å². The molecule has 0 bridgehead atoms. The maximum Gasteiger partial charge on any atom is 0.103 e. The Labute approximate surface area is 134 Å². The average Bonchev–Trinajstić information content (AvgIpc) is 3.22. The number of aromatic nitrogens is 4. The van der Waals surface area contributed by atoms with Gasteiger partial charge in [-0.05, 0) is 24.0 Å². The van der Waals surface area contributed by atoms with E-state index in [2.05, 4.69) is 38.9 Å². The Morgan fingerprint density at radius 3 is 3.04 bits per heavy atom. The Balaban J connectivity index is 1.63. The molecule has 1 aromatic carbocycles. The van der Waals surface area contributed by atoms with E-state index in [-0.39, 0.29) is 12.0 Å². The van der Waals surface area contributed by atoms with E-state index in [9.17, 15) is 5.11 Å². The van der Waals surface area contributed by atoms with Crippen LogP contribution >= 0.6 is 0 Å². The van der Waals surface area contributed by atoms with E-state index in [4.69, 9.17) is 0 Å². The van der Waals surface area contributed by atoms with Gasteiger partial charge >= 0.3 is 0 Å². The van der Waals surface area contributed by atoms with E-state index >= 15 is 0 Å². The molecule has 0 saturated carbocycles. The molecule has 5 nitrogen and oxygen atoms in total. The maximum absolute atomic E-state index is 11.0. The van der Waals surface area contributed by atoms with Gasteiger partial charge in [0.15, 0.2) is 0 Å². The number of aliphatic hydroxyl groups excluding tert-OH is 1. The zero-order chi connectivity index (χ0) is 15.6. The fraction of sp³-hybridized carbons (Fsp3) is 0.333. The summed E-state index contributed by atoms with van der Waals surface area (Å²) in [5.74, 6) is 0.119. The van der Waals surface area contributed by atoms with Crippen molar-refractivity contribution >= 4 is 0 Å². The summed E-state index contributed by atoms with van der Waals surface area (Å²) in [6, 6.07) is 8.59. The van der Waals surface area contributed by atoms with Crippen LogP contribution in [0.4, 0.5) is 0 Å². The molecule has 3 atom stereocenters. The molecule has 116 valence electrons. The number of rotatable bonds is 1. The summed E-state index contributed by atoms with van der Waals surface area (Å²) >= 11 is 0. The average molecular weight is 306 g/mol. The molecule has 1 aliphatic heterocycles. The van der Waals surface area contributed by atoms with Crippen LogP contribution in [0.15, 0.2) is 43.0 Å². The third-order valence-electron chi connectivity index (χ3n) is 5.30. The fourth-order valence-corrected chi connectivity index (χ4v) is 4.32. The van der Waals surface area contributed by atoms with Gasteiger partial charge in [0.1, 0.15) is 6.10 Å². The summed E-state index contributed by atoms with van der Waals surface area (Å²) in [5, 5.41) is 15.5.